The van der Waals surface area contributed by atoms with Crippen LogP contribution in [0.4, 0.5) is 5.82 Å². The van der Waals surface area contributed by atoms with Gasteiger partial charge in [-0.05, 0) is 48.2 Å². The molecule has 1 atom stereocenters. The third-order valence-electron chi connectivity index (χ3n) is 4.17. The van der Waals surface area contributed by atoms with Crippen LogP contribution in [0.5, 0.6) is 0 Å². The fourth-order valence-electron chi connectivity index (χ4n) is 3.31. The molecule has 3 rings (SSSR count). The molecule has 0 radical (unpaired) electrons. The van der Waals surface area contributed by atoms with Gasteiger partial charge in [0.1, 0.15) is 12.1 Å². The number of aromatic nitrogens is 2. The highest BCUT2D eigenvalue weighted by Crippen LogP contribution is 2.38. The van der Waals surface area contributed by atoms with Crippen LogP contribution < -0.4 is 10.2 Å². The highest BCUT2D eigenvalue weighted by Gasteiger charge is 2.37. The summed E-state index contributed by atoms with van der Waals surface area (Å²) < 4.78 is 1.01. The molecule has 2 fully saturated rings. The van der Waals surface area contributed by atoms with Gasteiger partial charge in [0.05, 0.1) is 4.47 Å². The lowest BCUT2D eigenvalue weighted by Gasteiger charge is -2.46. The molecule has 98 valence electrons. The summed E-state index contributed by atoms with van der Waals surface area (Å²) in [7, 11) is 0. The van der Waals surface area contributed by atoms with Crippen LogP contribution in [0.15, 0.2) is 17.0 Å². The Morgan fingerprint density at radius 3 is 3.00 bits per heavy atom. The molecule has 1 aromatic rings. The predicted octanol–water partition coefficient (Wildman–Crippen LogP) is 2.21. The van der Waals surface area contributed by atoms with Gasteiger partial charge in [-0.1, -0.05) is 0 Å². The summed E-state index contributed by atoms with van der Waals surface area (Å²) in [5.41, 5.74) is 0.459. The summed E-state index contributed by atoms with van der Waals surface area (Å²) in [6, 6.07) is 0. The minimum Gasteiger partial charge on any atom is -0.355 e. The van der Waals surface area contributed by atoms with Gasteiger partial charge in [-0.25, -0.2) is 9.97 Å². The number of rotatable bonds is 1. The van der Waals surface area contributed by atoms with E-state index in [-0.39, 0.29) is 0 Å². The molecule has 2 aliphatic rings. The second-order valence-corrected chi connectivity index (χ2v) is 6.35. The van der Waals surface area contributed by atoms with Crippen molar-refractivity contribution in [1.29, 1.82) is 0 Å². The van der Waals surface area contributed by atoms with Gasteiger partial charge in [0.25, 0.3) is 0 Å². The summed E-state index contributed by atoms with van der Waals surface area (Å²) in [6.07, 6.45) is 8.73. The summed E-state index contributed by atoms with van der Waals surface area (Å²) >= 11 is 3.56. The summed E-state index contributed by atoms with van der Waals surface area (Å²) in [5.74, 6) is 1.05. The second kappa shape index (κ2) is 5.13. The van der Waals surface area contributed by atoms with E-state index in [0.717, 1.165) is 29.9 Å². The van der Waals surface area contributed by atoms with Crippen LogP contribution >= 0.6 is 15.9 Å². The van der Waals surface area contributed by atoms with E-state index in [2.05, 4.69) is 36.1 Å². The van der Waals surface area contributed by atoms with Crippen molar-refractivity contribution < 1.29 is 0 Å². The van der Waals surface area contributed by atoms with Gasteiger partial charge in [-0.2, -0.15) is 0 Å². The Bertz CT molecular complexity index is 412. The monoisotopic (exact) mass is 310 g/mol. The molecule has 0 amide bonds. The molecule has 1 unspecified atom stereocenters. The normalized spacial score (nSPS) is 28.6. The molecule has 2 saturated heterocycles. The molecule has 0 bridgehead atoms. The Morgan fingerprint density at radius 2 is 2.22 bits per heavy atom. The first kappa shape index (κ1) is 12.4. The van der Waals surface area contributed by atoms with Crippen LogP contribution in [0.25, 0.3) is 0 Å². The van der Waals surface area contributed by atoms with E-state index in [1.165, 1.54) is 32.2 Å². The molecule has 0 saturated carbocycles. The third kappa shape index (κ3) is 2.38. The SMILES string of the molecule is Brc1cncnc1N1CCCC2(CCCNC2)C1. The van der Waals surface area contributed by atoms with Crippen molar-refractivity contribution in [3.63, 3.8) is 0 Å². The van der Waals surface area contributed by atoms with Crippen LogP contribution in [0.1, 0.15) is 25.7 Å². The molecule has 18 heavy (non-hydrogen) atoms. The van der Waals surface area contributed by atoms with Gasteiger partial charge in [-0.3, -0.25) is 0 Å². The highest BCUT2D eigenvalue weighted by molar-refractivity contribution is 9.10. The van der Waals surface area contributed by atoms with Crippen molar-refractivity contribution in [1.82, 2.24) is 15.3 Å². The standard InChI is InChI=1S/C13H19BrN4/c14-11-7-16-10-17-12(11)18-6-2-4-13(9-18)3-1-5-15-8-13/h7,10,15H,1-6,8-9H2. The Labute approximate surface area is 116 Å². The molecule has 1 spiro atoms. The van der Waals surface area contributed by atoms with Gasteiger partial charge in [0.2, 0.25) is 0 Å². The van der Waals surface area contributed by atoms with Crippen molar-refractivity contribution in [3.8, 4) is 0 Å². The molecule has 3 heterocycles. The number of hydrogen-bond acceptors (Lipinski definition) is 4. The second-order valence-electron chi connectivity index (χ2n) is 5.50. The van der Waals surface area contributed by atoms with Crippen LogP contribution in [0, 0.1) is 5.41 Å². The van der Waals surface area contributed by atoms with E-state index in [0.29, 0.717) is 5.41 Å². The maximum Gasteiger partial charge on any atom is 0.146 e. The van der Waals surface area contributed by atoms with Crippen molar-refractivity contribution in [3.05, 3.63) is 17.0 Å². The van der Waals surface area contributed by atoms with E-state index >= 15 is 0 Å². The summed E-state index contributed by atoms with van der Waals surface area (Å²) in [4.78, 5) is 10.9. The first-order valence-electron chi connectivity index (χ1n) is 6.70. The lowest BCUT2D eigenvalue weighted by molar-refractivity contribution is 0.172. The Balaban J connectivity index is 1.80. The van der Waals surface area contributed by atoms with E-state index in [4.69, 9.17) is 0 Å². The molecule has 0 aromatic carbocycles. The summed E-state index contributed by atoms with van der Waals surface area (Å²) in [6.45, 7) is 4.57. The first-order valence-corrected chi connectivity index (χ1v) is 7.50. The zero-order valence-corrected chi connectivity index (χ0v) is 12.1. The maximum absolute atomic E-state index is 4.43. The Kier molecular flexibility index (Phi) is 3.52. The van der Waals surface area contributed by atoms with E-state index < -0.39 is 0 Å². The zero-order valence-electron chi connectivity index (χ0n) is 10.5. The molecular formula is C13H19BrN4. The van der Waals surface area contributed by atoms with Crippen LogP contribution in [-0.4, -0.2) is 36.1 Å². The lowest BCUT2D eigenvalue weighted by atomic mass is 9.74. The van der Waals surface area contributed by atoms with Crippen molar-refractivity contribution >= 4 is 21.7 Å². The number of piperidine rings is 2. The van der Waals surface area contributed by atoms with Gasteiger partial charge in [-0.15, -0.1) is 0 Å². The quantitative estimate of drug-likeness (QED) is 0.863. The van der Waals surface area contributed by atoms with E-state index in [1.807, 2.05) is 6.20 Å². The van der Waals surface area contributed by atoms with Crippen LogP contribution in [-0.2, 0) is 0 Å². The van der Waals surface area contributed by atoms with Crippen LogP contribution in [0.2, 0.25) is 0 Å². The van der Waals surface area contributed by atoms with Crippen molar-refractivity contribution in [2.45, 2.75) is 25.7 Å². The van der Waals surface area contributed by atoms with Crippen molar-refractivity contribution in [2.24, 2.45) is 5.41 Å². The van der Waals surface area contributed by atoms with Gasteiger partial charge in [0.15, 0.2) is 0 Å². The minimum absolute atomic E-state index is 0.459. The maximum atomic E-state index is 4.43. The average Bonchev–Trinajstić information content (AvgIpc) is 2.40. The molecule has 0 aliphatic carbocycles. The predicted molar refractivity (Wildman–Crippen MR) is 75.7 cm³/mol. The zero-order chi connectivity index (χ0) is 12.4. The largest absolute Gasteiger partial charge is 0.355 e. The Hall–Kier alpha value is -0.680. The van der Waals surface area contributed by atoms with E-state index in [1.54, 1.807) is 6.33 Å². The van der Waals surface area contributed by atoms with E-state index in [9.17, 15) is 0 Å². The molecule has 1 N–H and O–H groups in total. The number of anilines is 1. The van der Waals surface area contributed by atoms with Crippen LogP contribution in [0.3, 0.4) is 0 Å². The minimum atomic E-state index is 0.459. The number of halogens is 1. The first-order chi connectivity index (χ1) is 8.79. The van der Waals surface area contributed by atoms with Gasteiger partial charge in [0, 0.05) is 31.2 Å². The number of hydrogen-bond donors (Lipinski definition) is 1. The topological polar surface area (TPSA) is 41.1 Å². The fraction of sp³-hybridized carbons (Fsp3) is 0.692. The molecular weight excluding hydrogens is 292 g/mol. The molecule has 4 nitrogen and oxygen atoms in total. The smallest absolute Gasteiger partial charge is 0.146 e. The molecule has 1 aromatic heterocycles. The van der Waals surface area contributed by atoms with Gasteiger partial charge < -0.3 is 10.2 Å². The number of nitrogens with zero attached hydrogens (tertiary/aromatic N) is 3. The lowest BCUT2D eigenvalue weighted by Crippen LogP contribution is -2.51. The molecule has 5 heteroatoms. The average molecular weight is 311 g/mol. The summed E-state index contributed by atoms with van der Waals surface area (Å²) in [5, 5.41) is 3.56. The van der Waals surface area contributed by atoms with Crippen molar-refractivity contribution in [2.75, 3.05) is 31.1 Å². The third-order valence-corrected chi connectivity index (χ3v) is 4.73. The number of nitrogens with one attached hydrogen (secondary N) is 1. The fourth-order valence-corrected chi connectivity index (χ4v) is 3.78. The molecule has 2 aliphatic heterocycles. The van der Waals surface area contributed by atoms with Gasteiger partial charge >= 0.3 is 0 Å². The highest BCUT2D eigenvalue weighted by atomic mass is 79.9. The Morgan fingerprint density at radius 1 is 1.33 bits per heavy atom.